The SMILES string of the molecule is O=C(O)c1nccnc1C(=O)Cc1sc2c(c1-c1ncccn1)CCCC2. The quantitative estimate of drug-likeness (QED) is 0.678. The minimum Gasteiger partial charge on any atom is -0.476 e. The van der Waals surface area contributed by atoms with E-state index in [1.54, 1.807) is 29.8 Å². The van der Waals surface area contributed by atoms with Crippen LogP contribution in [0.4, 0.5) is 0 Å². The number of carbonyl (C=O) groups is 2. The van der Waals surface area contributed by atoms with Crippen molar-refractivity contribution >= 4 is 23.1 Å². The monoisotopic (exact) mass is 380 g/mol. The second kappa shape index (κ2) is 7.32. The number of aromatic carboxylic acids is 1. The van der Waals surface area contributed by atoms with Gasteiger partial charge in [-0.3, -0.25) is 4.79 Å². The molecule has 3 aromatic heterocycles. The summed E-state index contributed by atoms with van der Waals surface area (Å²) < 4.78 is 0. The summed E-state index contributed by atoms with van der Waals surface area (Å²) in [6.45, 7) is 0. The number of aromatic nitrogens is 4. The minimum atomic E-state index is -1.26. The van der Waals surface area contributed by atoms with Crippen molar-refractivity contribution in [1.82, 2.24) is 19.9 Å². The second-order valence-corrected chi connectivity index (χ2v) is 7.43. The summed E-state index contributed by atoms with van der Waals surface area (Å²) in [5, 5.41) is 9.27. The highest BCUT2D eigenvalue weighted by molar-refractivity contribution is 7.12. The number of thiophene rings is 1. The van der Waals surface area contributed by atoms with Crippen LogP contribution in [-0.4, -0.2) is 36.8 Å². The number of Topliss-reactive ketones (excluding diaryl/α,β-unsaturated/α-hetero) is 1. The summed E-state index contributed by atoms with van der Waals surface area (Å²) in [5.41, 5.74) is 1.71. The van der Waals surface area contributed by atoms with Crippen LogP contribution in [-0.2, 0) is 19.3 Å². The smallest absolute Gasteiger partial charge is 0.356 e. The number of carboxylic acid groups (broad SMARTS) is 1. The lowest BCUT2D eigenvalue weighted by molar-refractivity contribution is 0.0684. The first-order valence-corrected chi connectivity index (χ1v) is 9.45. The summed E-state index contributed by atoms with van der Waals surface area (Å²) >= 11 is 1.60. The van der Waals surface area contributed by atoms with Gasteiger partial charge in [0.05, 0.1) is 0 Å². The molecule has 7 nitrogen and oxygen atoms in total. The normalized spacial score (nSPS) is 13.2. The Labute approximate surface area is 159 Å². The van der Waals surface area contributed by atoms with E-state index in [9.17, 15) is 14.7 Å². The van der Waals surface area contributed by atoms with Crippen molar-refractivity contribution in [3.05, 3.63) is 57.6 Å². The van der Waals surface area contributed by atoms with Gasteiger partial charge in [0.2, 0.25) is 0 Å². The van der Waals surface area contributed by atoms with E-state index >= 15 is 0 Å². The van der Waals surface area contributed by atoms with E-state index < -0.39 is 5.97 Å². The minimum absolute atomic E-state index is 0.0597. The summed E-state index contributed by atoms with van der Waals surface area (Å²) in [5.74, 6) is -1.02. The third-order valence-electron chi connectivity index (χ3n) is 4.52. The number of rotatable bonds is 5. The maximum Gasteiger partial charge on any atom is 0.356 e. The Bertz CT molecular complexity index is 1020. The molecule has 3 heterocycles. The molecule has 1 aliphatic carbocycles. The van der Waals surface area contributed by atoms with Crippen molar-refractivity contribution in [2.45, 2.75) is 32.1 Å². The average Bonchev–Trinajstić information content (AvgIpc) is 3.06. The van der Waals surface area contributed by atoms with Gasteiger partial charge in [0, 0.05) is 46.5 Å². The first kappa shape index (κ1) is 17.4. The van der Waals surface area contributed by atoms with Crippen LogP contribution in [0, 0.1) is 0 Å². The lowest BCUT2D eigenvalue weighted by atomic mass is 9.93. The number of nitrogens with zero attached hydrogens (tertiary/aromatic N) is 4. The molecule has 3 aromatic rings. The number of hydrogen-bond donors (Lipinski definition) is 1. The van der Waals surface area contributed by atoms with Crippen LogP contribution in [0.1, 0.15) is 49.1 Å². The van der Waals surface area contributed by atoms with Gasteiger partial charge in [0.1, 0.15) is 5.69 Å². The van der Waals surface area contributed by atoms with Gasteiger partial charge >= 0.3 is 5.97 Å². The molecule has 136 valence electrons. The molecule has 0 fully saturated rings. The highest BCUT2D eigenvalue weighted by Crippen LogP contribution is 2.40. The Morgan fingerprint density at radius 1 is 0.963 bits per heavy atom. The standard InChI is InChI=1S/C19H16N4O3S/c24-12(16-17(19(25)26)21-9-8-20-16)10-14-15(18-22-6-3-7-23-18)11-4-1-2-5-13(11)27-14/h3,6-9H,1-2,4-5,10H2,(H,25,26). The largest absolute Gasteiger partial charge is 0.476 e. The second-order valence-electron chi connectivity index (χ2n) is 6.24. The van der Waals surface area contributed by atoms with E-state index in [4.69, 9.17) is 0 Å². The van der Waals surface area contributed by atoms with Crippen LogP contribution in [0.25, 0.3) is 11.4 Å². The highest BCUT2D eigenvalue weighted by atomic mass is 32.1. The van der Waals surface area contributed by atoms with E-state index in [-0.39, 0.29) is 23.6 Å². The van der Waals surface area contributed by atoms with Gasteiger partial charge in [-0.15, -0.1) is 11.3 Å². The fraction of sp³-hybridized carbons (Fsp3) is 0.263. The van der Waals surface area contributed by atoms with Crippen molar-refractivity contribution in [2.24, 2.45) is 0 Å². The molecule has 0 aliphatic heterocycles. The molecule has 27 heavy (non-hydrogen) atoms. The van der Waals surface area contributed by atoms with Crippen LogP contribution in [0.15, 0.2) is 30.9 Å². The van der Waals surface area contributed by atoms with Gasteiger partial charge in [-0.1, -0.05) is 0 Å². The van der Waals surface area contributed by atoms with Crippen molar-refractivity contribution in [1.29, 1.82) is 0 Å². The summed E-state index contributed by atoms with van der Waals surface area (Å²) in [6, 6.07) is 1.76. The number of ketones is 1. The van der Waals surface area contributed by atoms with Crippen LogP contribution in [0.2, 0.25) is 0 Å². The lowest BCUT2D eigenvalue weighted by Gasteiger charge is -2.12. The molecule has 0 radical (unpaired) electrons. The topological polar surface area (TPSA) is 106 Å². The fourth-order valence-electron chi connectivity index (χ4n) is 3.36. The Morgan fingerprint density at radius 2 is 1.67 bits per heavy atom. The third kappa shape index (κ3) is 3.35. The maximum atomic E-state index is 12.8. The summed E-state index contributed by atoms with van der Waals surface area (Å²) in [6.07, 6.45) is 10.2. The van der Waals surface area contributed by atoms with Crippen molar-refractivity contribution in [2.75, 3.05) is 0 Å². The predicted octanol–water partition coefficient (Wildman–Crippen LogP) is 3.00. The van der Waals surface area contributed by atoms with E-state index in [1.165, 1.54) is 22.8 Å². The Morgan fingerprint density at radius 3 is 2.41 bits per heavy atom. The van der Waals surface area contributed by atoms with E-state index in [0.717, 1.165) is 36.1 Å². The number of carbonyl (C=O) groups excluding carboxylic acids is 1. The van der Waals surface area contributed by atoms with Gasteiger partial charge in [-0.2, -0.15) is 0 Å². The van der Waals surface area contributed by atoms with Gasteiger partial charge in [0.15, 0.2) is 17.3 Å². The van der Waals surface area contributed by atoms with Crippen LogP contribution >= 0.6 is 11.3 Å². The molecule has 1 aliphatic rings. The maximum absolute atomic E-state index is 12.8. The van der Waals surface area contributed by atoms with Crippen molar-refractivity contribution in [3.63, 3.8) is 0 Å². The molecule has 0 spiro atoms. The zero-order valence-corrected chi connectivity index (χ0v) is 15.2. The first-order valence-electron chi connectivity index (χ1n) is 8.63. The molecule has 1 N–H and O–H groups in total. The molecule has 0 bridgehead atoms. The predicted molar refractivity (Wildman–Crippen MR) is 99.0 cm³/mol. The van der Waals surface area contributed by atoms with Crippen LogP contribution in [0.3, 0.4) is 0 Å². The molecule has 4 rings (SSSR count). The molecule has 0 atom stereocenters. The molecule has 0 amide bonds. The van der Waals surface area contributed by atoms with Gasteiger partial charge in [-0.25, -0.2) is 24.7 Å². The Balaban J connectivity index is 1.76. The number of carboxylic acids is 1. The van der Waals surface area contributed by atoms with E-state index in [2.05, 4.69) is 19.9 Å². The van der Waals surface area contributed by atoms with Gasteiger partial charge in [-0.05, 0) is 37.3 Å². The Hall–Kier alpha value is -3.00. The molecule has 0 aromatic carbocycles. The zero-order valence-electron chi connectivity index (χ0n) is 14.4. The molecule has 0 saturated heterocycles. The molecule has 8 heteroatoms. The average molecular weight is 380 g/mol. The van der Waals surface area contributed by atoms with Crippen molar-refractivity contribution in [3.8, 4) is 11.4 Å². The zero-order chi connectivity index (χ0) is 18.8. The molecule has 0 unspecified atom stereocenters. The van der Waals surface area contributed by atoms with Gasteiger partial charge in [0.25, 0.3) is 0 Å². The molecule has 0 saturated carbocycles. The van der Waals surface area contributed by atoms with E-state index in [1.807, 2.05) is 0 Å². The highest BCUT2D eigenvalue weighted by Gasteiger charge is 2.26. The molecular weight excluding hydrogens is 364 g/mol. The third-order valence-corrected chi connectivity index (χ3v) is 5.81. The first-order chi connectivity index (χ1) is 13.1. The van der Waals surface area contributed by atoms with Crippen LogP contribution in [0.5, 0.6) is 0 Å². The number of hydrogen-bond acceptors (Lipinski definition) is 7. The number of aryl methyl sites for hydroxylation is 1. The molecular formula is C19H16N4O3S. The lowest BCUT2D eigenvalue weighted by Crippen LogP contribution is -2.14. The Kier molecular flexibility index (Phi) is 4.72. The van der Waals surface area contributed by atoms with Crippen molar-refractivity contribution < 1.29 is 14.7 Å². The summed E-state index contributed by atoms with van der Waals surface area (Å²) in [7, 11) is 0. The van der Waals surface area contributed by atoms with E-state index in [0.29, 0.717) is 5.82 Å². The number of fused-ring (bicyclic) bond motifs is 1. The fourth-order valence-corrected chi connectivity index (χ4v) is 4.75. The van der Waals surface area contributed by atoms with Crippen LogP contribution < -0.4 is 0 Å². The van der Waals surface area contributed by atoms with Gasteiger partial charge < -0.3 is 5.11 Å². The summed E-state index contributed by atoms with van der Waals surface area (Å²) in [4.78, 5) is 42.8.